The van der Waals surface area contributed by atoms with Gasteiger partial charge < -0.3 is 4.74 Å². The minimum absolute atomic E-state index is 0.257. The van der Waals surface area contributed by atoms with E-state index in [1.54, 1.807) is 6.92 Å². The zero-order chi connectivity index (χ0) is 16.6. The number of hydrogen-bond acceptors (Lipinski definition) is 5. The lowest BCUT2D eigenvalue weighted by Crippen LogP contribution is -2.29. The van der Waals surface area contributed by atoms with Crippen molar-refractivity contribution in [3.05, 3.63) is 53.0 Å². The zero-order valence-electron chi connectivity index (χ0n) is 12.4. The molecular weight excluding hydrogens is 303 g/mol. The fraction of sp³-hybridized carbons (Fsp3) is 0.200. The number of esters is 1. The molecule has 0 spiro atoms. The van der Waals surface area contributed by atoms with E-state index in [1.807, 2.05) is 0 Å². The minimum atomic E-state index is -0.793. The summed E-state index contributed by atoms with van der Waals surface area (Å²) in [5.41, 5.74) is 0.503. The van der Waals surface area contributed by atoms with E-state index in [1.165, 1.54) is 53.1 Å². The van der Waals surface area contributed by atoms with E-state index in [0.717, 1.165) is 0 Å². The number of ether oxygens (including phenoxy) is 1. The number of nitrogens with zero attached hydrogens (tertiary/aromatic N) is 4. The van der Waals surface area contributed by atoms with Gasteiger partial charge in [-0.1, -0.05) is 0 Å². The molecule has 3 aromatic rings. The van der Waals surface area contributed by atoms with E-state index in [-0.39, 0.29) is 11.2 Å². The van der Waals surface area contributed by atoms with Crippen LogP contribution < -0.4 is 5.56 Å². The average molecular weight is 316 g/mol. The summed E-state index contributed by atoms with van der Waals surface area (Å²) in [6, 6.07) is 4.86. The Balaban J connectivity index is 2.13. The highest BCUT2D eigenvalue weighted by Gasteiger charge is 2.19. The van der Waals surface area contributed by atoms with Gasteiger partial charge in [0.2, 0.25) is 0 Å². The molecule has 0 aliphatic rings. The van der Waals surface area contributed by atoms with Crippen molar-refractivity contribution >= 4 is 17.0 Å². The number of aromatic nitrogens is 4. The lowest BCUT2D eigenvalue weighted by atomic mass is 10.3. The topological polar surface area (TPSA) is 79.0 Å². The number of carbonyl (C=O) groups excluding carboxylic acids is 1. The summed E-state index contributed by atoms with van der Waals surface area (Å²) in [6.45, 7) is 1.55. The Bertz CT molecular complexity index is 930. The van der Waals surface area contributed by atoms with Gasteiger partial charge in [0.1, 0.15) is 23.6 Å². The van der Waals surface area contributed by atoms with Crippen LogP contribution in [0.2, 0.25) is 0 Å². The predicted molar refractivity (Wildman–Crippen MR) is 79.8 cm³/mol. The standard InChI is InChI=1S/C15H13FN4O3/c1-9(15(22)23-2)19-8-17-13-12(14(19)21)7-18-20(13)11-5-3-10(16)4-6-11/h3-9H,1-2H3/t9-/m0/s1. The molecule has 0 radical (unpaired) electrons. The van der Waals surface area contributed by atoms with Crippen LogP contribution in [0.3, 0.4) is 0 Å². The van der Waals surface area contributed by atoms with Crippen LogP contribution in [0.5, 0.6) is 0 Å². The van der Waals surface area contributed by atoms with Crippen LogP contribution in [0, 0.1) is 5.82 Å². The maximum absolute atomic E-state index is 13.0. The number of methoxy groups -OCH3 is 1. The molecule has 1 aromatic carbocycles. The molecule has 0 amide bonds. The second kappa shape index (κ2) is 5.64. The smallest absolute Gasteiger partial charge is 0.328 e. The van der Waals surface area contributed by atoms with Gasteiger partial charge in [-0.3, -0.25) is 9.36 Å². The van der Waals surface area contributed by atoms with Gasteiger partial charge in [-0.25, -0.2) is 18.9 Å². The van der Waals surface area contributed by atoms with Crippen LogP contribution in [0.25, 0.3) is 16.7 Å². The van der Waals surface area contributed by atoms with Gasteiger partial charge in [-0.15, -0.1) is 0 Å². The molecule has 23 heavy (non-hydrogen) atoms. The summed E-state index contributed by atoms with van der Waals surface area (Å²) in [7, 11) is 1.25. The van der Waals surface area contributed by atoms with Crippen LogP contribution in [0.15, 0.2) is 41.6 Å². The van der Waals surface area contributed by atoms with Crippen LogP contribution >= 0.6 is 0 Å². The SMILES string of the molecule is COC(=O)[C@H](C)n1cnc2c(cnn2-c2ccc(F)cc2)c1=O. The molecule has 0 saturated heterocycles. The lowest BCUT2D eigenvalue weighted by Gasteiger charge is -2.12. The van der Waals surface area contributed by atoms with Crippen molar-refractivity contribution in [3.63, 3.8) is 0 Å². The molecule has 2 heterocycles. The number of carbonyl (C=O) groups is 1. The Morgan fingerprint density at radius 3 is 2.65 bits per heavy atom. The largest absolute Gasteiger partial charge is 0.467 e. The summed E-state index contributed by atoms with van der Waals surface area (Å²) < 4.78 is 20.3. The summed E-state index contributed by atoms with van der Waals surface area (Å²) in [4.78, 5) is 28.3. The molecule has 0 fully saturated rings. The van der Waals surface area contributed by atoms with Crippen molar-refractivity contribution in [1.82, 2.24) is 19.3 Å². The number of fused-ring (bicyclic) bond motifs is 1. The van der Waals surface area contributed by atoms with Gasteiger partial charge >= 0.3 is 5.97 Å². The first kappa shape index (κ1) is 14.9. The van der Waals surface area contributed by atoms with Crippen molar-refractivity contribution < 1.29 is 13.9 Å². The van der Waals surface area contributed by atoms with Gasteiger partial charge in [0.25, 0.3) is 5.56 Å². The van der Waals surface area contributed by atoms with Crippen molar-refractivity contribution in [1.29, 1.82) is 0 Å². The predicted octanol–water partition coefficient (Wildman–Crippen LogP) is 1.46. The Kier molecular flexibility index (Phi) is 3.65. The van der Waals surface area contributed by atoms with Gasteiger partial charge in [0.15, 0.2) is 5.65 Å². The summed E-state index contributed by atoms with van der Waals surface area (Å²) >= 11 is 0. The van der Waals surface area contributed by atoms with Gasteiger partial charge in [-0.2, -0.15) is 5.10 Å². The van der Waals surface area contributed by atoms with Crippen molar-refractivity contribution in [2.45, 2.75) is 13.0 Å². The van der Waals surface area contributed by atoms with E-state index in [9.17, 15) is 14.0 Å². The van der Waals surface area contributed by atoms with Crippen molar-refractivity contribution in [2.24, 2.45) is 0 Å². The average Bonchev–Trinajstić information content (AvgIpc) is 2.99. The molecule has 0 aliphatic heterocycles. The first-order chi connectivity index (χ1) is 11.0. The molecule has 0 aliphatic carbocycles. The Morgan fingerprint density at radius 1 is 1.30 bits per heavy atom. The highest BCUT2D eigenvalue weighted by atomic mass is 19.1. The molecule has 0 bridgehead atoms. The molecule has 2 aromatic heterocycles. The summed E-state index contributed by atoms with van der Waals surface area (Å²) in [5.74, 6) is -0.911. The zero-order valence-corrected chi connectivity index (χ0v) is 12.4. The number of halogens is 1. The highest BCUT2D eigenvalue weighted by Crippen LogP contribution is 2.15. The number of benzene rings is 1. The highest BCUT2D eigenvalue weighted by molar-refractivity contribution is 5.77. The third kappa shape index (κ3) is 2.48. The fourth-order valence-electron chi connectivity index (χ4n) is 2.26. The molecule has 0 unspecified atom stereocenters. The van der Waals surface area contributed by atoms with E-state index in [4.69, 9.17) is 0 Å². The van der Waals surface area contributed by atoms with E-state index < -0.39 is 17.6 Å². The van der Waals surface area contributed by atoms with E-state index >= 15 is 0 Å². The maximum atomic E-state index is 13.0. The first-order valence-corrected chi connectivity index (χ1v) is 6.81. The van der Waals surface area contributed by atoms with Gasteiger partial charge in [-0.05, 0) is 31.2 Å². The summed E-state index contributed by atoms with van der Waals surface area (Å²) in [5, 5.41) is 4.38. The first-order valence-electron chi connectivity index (χ1n) is 6.81. The van der Waals surface area contributed by atoms with Gasteiger partial charge in [0.05, 0.1) is 19.0 Å². The van der Waals surface area contributed by atoms with Crippen molar-refractivity contribution in [2.75, 3.05) is 7.11 Å². The minimum Gasteiger partial charge on any atom is -0.467 e. The Morgan fingerprint density at radius 2 is 2.00 bits per heavy atom. The number of rotatable bonds is 3. The number of hydrogen-bond donors (Lipinski definition) is 0. The van der Waals surface area contributed by atoms with Crippen LogP contribution in [0.1, 0.15) is 13.0 Å². The Labute approximate surface area is 129 Å². The third-order valence-corrected chi connectivity index (χ3v) is 3.54. The molecule has 8 heteroatoms. The maximum Gasteiger partial charge on any atom is 0.328 e. The van der Waals surface area contributed by atoms with Gasteiger partial charge in [0, 0.05) is 0 Å². The van der Waals surface area contributed by atoms with Crippen LogP contribution in [-0.4, -0.2) is 32.4 Å². The van der Waals surface area contributed by atoms with Crippen molar-refractivity contribution in [3.8, 4) is 5.69 Å². The fourth-order valence-corrected chi connectivity index (χ4v) is 2.26. The molecule has 0 N–H and O–H groups in total. The quantitative estimate of drug-likeness (QED) is 0.683. The molecule has 7 nitrogen and oxygen atoms in total. The normalized spacial score (nSPS) is 12.3. The van der Waals surface area contributed by atoms with Crippen LogP contribution in [0.4, 0.5) is 4.39 Å². The second-order valence-electron chi connectivity index (χ2n) is 4.93. The van der Waals surface area contributed by atoms with E-state index in [0.29, 0.717) is 11.3 Å². The molecule has 3 rings (SSSR count). The molecular formula is C15H13FN4O3. The summed E-state index contributed by atoms with van der Waals surface area (Å²) in [6.07, 6.45) is 2.64. The lowest BCUT2D eigenvalue weighted by molar-refractivity contribution is -0.144. The second-order valence-corrected chi connectivity index (χ2v) is 4.93. The third-order valence-electron chi connectivity index (χ3n) is 3.54. The molecule has 0 saturated carbocycles. The molecule has 1 atom stereocenters. The van der Waals surface area contributed by atoms with Crippen LogP contribution in [-0.2, 0) is 9.53 Å². The Hall–Kier alpha value is -3.03. The monoisotopic (exact) mass is 316 g/mol. The van der Waals surface area contributed by atoms with E-state index in [2.05, 4.69) is 14.8 Å². The molecule has 118 valence electrons.